The van der Waals surface area contributed by atoms with Crippen molar-refractivity contribution in [1.29, 1.82) is 0 Å². The van der Waals surface area contributed by atoms with Crippen LogP contribution in [0.25, 0.3) is 6.08 Å². The molecule has 0 fully saturated rings. The van der Waals surface area contributed by atoms with Crippen molar-refractivity contribution >= 4 is 18.0 Å². The highest BCUT2D eigenvalue weighted by Gasteiger charge is 2.14. The Morgan fingerprint density at radius 1 is 1.21 bits per heavy atom. The number of benzene rings is 1. The fourth-order valence-electron chi connectivity index (χ4n) is 2.09. The van der Waals surface area contributed by atoms with Crippen molar-refractivity contribution in [3.8, 4) is 11.5 Å². The lowest BCUT2D eigenvalue weighted by Crippen LogP contribution is -2.42. The Morgan fingerprint density at radius 2 is 1.92 bits per heavy atom. The summed E-state index contributed by atoms with van der Waals surface area (Å²) in [7, 11) is 0. The predicted octanol–water partition coefficient (Wildman–Crippen LogP) is 2.32. The van der Waals surface area contributed by atoms with Gasteiger partial charge in [0.15, 0.2) is 18.1 Å². The van der Waals surface area contributed by atoms with Crippen LogP contribution in [0.15, 0.2) is 24.3 Å². The van der Waals surface area contributed by atoms with Gasteiger partial charge in [-0.15, -0.1) is 0 Å². The highest BCUT2D eigenvalue weighted by Crippen LogP contribution is 2.30. The van der Waals surface area contributed by atoms with Crippen molar-refractivity contribution in [3.05, 3.63) is 29.8 Å². The molecule has 1 N–H and O–H groups in total. The van der Waals surface area contributed by atoms with Crippen molar-refractivity contribution in [2.75, 3.05) is 19.8 Å². The minimum absolute atomic E-state index is 0.304. The fraction of sp³-hybridized carbons (Fsp3) is 0.444. The fourth-order valence-corrected chi connectivity index (χ4v) is 2.09. The maximum atomic E-state index is 11.7. The molecule has 0 bridgehead atoms. The molecule has 0 saturated heterocycles. The van der Waals surface area contributed by atoms with Gasteiger partial charge < -0.3 is 19.5 Å². The first-order valence-corrected chi connectivity index (χ1v) is 7.89. The topological polar surface area (TPSA) is 73.9 Å². The second kappa shape index (κ2) is 7.86. The molecule has 0 spiro atoms. The van der Waals surface area contributed by atoms with Crippen LogP contribution in [0.5, 0.6) is 11.5 Å². The average Bonchev–Trinajstić information content (AvgIpc) is 2.74. The smallest absolute Gasteiger partial charge is 0.331 e. The van der Waals surface area contributed by atoms with E-state index in [-0.39, 0.29) is 18.1 Å². The number of fused-ring (bicyclic) bond motifs is 1. The second-order valence-electron chi connectivity index (χ2n) is 6.50. The Bertz CT molecular complexity index is 631. The summed E-state index contributed by atoms with van der Waals surface area (Å²) < 4.78 is 16.1. The summed E-state index contributed by atoms with van der Waals surface area (Å²) in [5.41, 5.74) is 0.429. The molecule has 0 aliphatic carbocycles. The van der Waals surface area contributed by atoms with Gasteiger partial charge in [-0.25, -0.2) is 4.79 Å². The lowest BCUT2D eigenvalue weighted by molar-refractivity contribution is -0.144. The zero-order chi connectivity index (χ0) is 17.6. The molecule has 1 aromatic carbocycles. The monoisotopic (exact) mass is 333 g/mol. The van der Waals surface area contributed by atoms with E-state index in [0.29, 0.717) is 24.7 Å². The van der Waals surface area contributed by atoms with Gasteiger partial charge in [0, 0.05) is 18.0 Å². The molecule has 0 unspecified atom stereocenters. The summed E-state index contributed by atoms with van der Waals surface area (Å²) in [6, 6.07) is 5.43. The third kappa shape index (κ3) is 5.95. The van der Waals surface area contributed by atoms with Crippen molar-refractivity contribution in [1.82, 2.24) is 5.32 Å². The van der Waals surface area contributed by atoms with Crippen LogP contribution in [-0.2, 0) is 14.3 Å². The largest absolute Gasteiger partial charge is 0.490 e. The number of nitrogens with one attached hydrogen (secondary N) is 1. The first-order valence-electron chi connectivity index (χ1n) is 7.89. The van der Waals surface area contributed by atoms with Gasteiger partial charge in [0.05, 0.1) is 13.2 Å². The van der Waals surface area contributed by atoms with Crippen molar-refractivity contribution in [2.24, 2.45) is 0 Å². The Hall–Kier alpha value is -2.50. The van der Waals surface area contributed by atoms with Gasteiger partial charge in [0.2, 0.25) is 0 Å². The lowest BCUT2D eigenvalue weighted by Gasteiger charge is -2.20. The van der Waals surface area contributed by atoms with E-state index in [1.54, 1.807) is 12.1 Å². The first kappa shape index (κ1) is 17.8. The van der Waals surface area contributed by atoms with E-state index in [1.807, 2.05) is 32.9 Å². The van der Waals surface area contributed by atoms with Crippen LogP contribution < -0.4 is 14.8 Å². The summed E-state index contributed by atoms with van der Waals surface area (Å²) in [6.45, 7) is 6.50. The Labute approximate surface area is 141 Å². The molecule has 2 rings (SSSR count). The van der Waals surface area contributed by atoms with E-state index >= 15 is 0 Å². The van der Waals surface area contributed by atoms with Gasteiger partial charge >= 0.3 is 5.97 Å². The molecule has 1 aromatic rings. The molecular formula is C18H23NO5. The number of esters is 1. The van der Waals surface area contributed by atoms with Crippen molar-refractivity contribution in [3.63, 3.8) is 0 Å². The van der Waals surface area contributed by atoms with Crippen LogP contribution in [-0.4, -0.2) is 37.2 Å². The number of carbonyl (C=O) groups is 2. The molecular weight excluding hydrogens is 310 g/mol. The molecule has 0 atom stereocenters. The molecule has 0 saturated carbocycles. The van der Waals surface area contributed by atoms with E-state index < -0.39 is 5.97 Å². The van der Waals surface area contributed by atoms with Gasteiger partial charge in [-0.3, -0.25) is 4.79 Å². The summed E-state index contributed by atoms with van der Waals surface area (Å²) in [5, 5.41) is 2.72. The summed E-state index contributed by atoms with van der Waals surface area (Å²) in [5.74, 6) is 0.449. The highest BCUT2D eigenvalue weighted by atomic mass is 16.5. The number of hydrogen-bond acceptors (Lipinski definition) is 5. The van der Waals surface area contributed by atoms with Gasteiger partial charge in [-0.2, -0.15) is 0 Å². The standard InChI is InChI=1S/C18H23NO5/c1-18(2,3)19-16(20)12-24-17(21)8-6-13-5-7-14-15(11-13)23-10-4-9-22-14/h5-8,11H,4,9-10,12H2,1-3H3,(H,19,20)/b8-6+. The average molecular weight is 333 g/mol. The molecule has 24 heavy (non-hydrogen) atoms. The number of ether oxygens (including phenoxy) is 3. The van der Waals surface area contributed by atoms with Crippen LogP contribution in [0.4, 0.5) is 0 Å². The molecule has 1 aliphatic rings. The van der Waals surface area contributed by atoms with E-state index in [0.717, 1.165) is 12.0 Å². The maximum Gasteiger partial charge on any atom is 0.331 e. The molecule has 1 amide bonds. The number of hydrogen-bond donors (Lipinski definition) is 1. The Kier molecular flexibility index (Phi) is 5.84. The maximum absolute atomic E-state index is 11.7. The van der Waals surface area contributed by atoms with Crippen LogP contribution >= 0.6 is 0 Å². The molecule has 6 heteroatoms. The molecule has 1 heterocycles. The molecule has 130 valence electrons. The summed E-state index contributed by atoms with van der Waals surface area (Å²) in [6.07, 6.45) is 3.73. The van der Waals surface area contributed by atoms with Crippen LogP contribution in [0.1, 0.15) is 32.8 Å². The summed E-state index contributed by atoms with van der Waals surface area (Å²) >= 11 is 0. The third-order valence-corrected chi connectivity index (χ3v) is 3.04. The number of carbonyl (C=O) groups excluding carboxylic acids is 2. The third-order valence-electron chi connectivity index (χ3n) is 3.04. The first-order chi connectivity index (χ1) is 11.3. The minimum Gasteiger partial charge on any atom is -0.490 e. The van der Waals surface area contributed by atoms with Crippen molar-refractivity contribution in [2.45, 2.75) is 32.7 Å². The molecule has 0 aromatic heterocycles. The molecule has 1 aliphatic heterocycles. The molecule has 0 radical (unpaired) electrons. The summed E-state index contributed by atoms with van der Waals surface area (Å²) in [4.78, 5) is 23.3. The Balaban J connectivity index is 1.87. The highest BCUT2D eigenvalue weighted by molar-refractivity contribution is 5.89. The van der Waals surface area contributed by atoms with Gasteiger partial charge in [0.25, 0.3) is 5.91 Å². The minimum atomic E-state index is -0.578. The van der Waals surface area contributed by atoms with Gasteiger partial charge in [0.1, 0.15) is 0 Å². The Morgan fingerprint density at radius 3 is 2.62 bits per heavy atom. The van der Waals surface area contributed by atoms with Crippen LogP contribution in [0, 0.1) is 0 Å². The predicted molar refractivity (Wildman–Crippen MR) is 89.9 cm³/mol. The number of rotatable bonds is 4. The number of amides is 1. The molecule has 6 nitrogen and oxygen atoms in total. The van der Waals surface area contributed by atoms with E-state index in [9.17, 15) is 9.59 Å². The zero-order valence-electron chi connectivity index (χ0n) is 14.3. The van der Waals surface area contributed by atoms with E-state index in [1.165, 1.54) is 6.08 Å². The second-order valence-corrected chi connectivity index (χ2v) is 6.50. The van der Waals surface area contributed by atoms with Gasteiger partial charge in [-0.05, 0) is 44.5 Å². The van der Waals surface area contributed by atoms with Crippen molar-refractivity contribution < 1.29 is 23.8 Å². The van der Waals surface area contributed by atoms with E-state index in [2.05, 4.69) is 5.32 Å². The zero-order valence-corrected chi connectivity index (χ0v) is 14.3. The van der Waals surface area contributed by atoms with Crippen LogP contribution in [0.2, 0.25) is 0 Å². The quantitative estimate of drug-likeness (QED) is 0.676. The van der Waals surface area contributed by atoms with E-state index in [4.69, 9.17) is 14.2 Å². The normalized spacial score (nSPS) is 14.1. The SMILES string of the molecule is CC(C)(C)NC(=O)COC(=O)/C=C/c1ccc2c(c1)OCCCO2. The van der Waals surface area contributed by atoms with Gasteiger partial charge in [-0.1, -0.05) is 6.07 Å². The lowest BCUT2D eigenvalue weighted by atomic mass is 10.1. The van der Waals surface area contributed by atoms with Crippen LogP contribution in [0.3, 0.4) is 0 Å².